The highest BCUT2D eigenvalue weighted by Gasteiger charge is 2.13. The number of carbonyl (C=O) groups is 1. The number of pyridine rings is 1. The van der Waals surface area contributed by atoms with Gasteiger partial charge in [-0.15, -0.1) is 0 Å². The maximum atomic E-state index is 12.3. The first-order valence-electron chi connectivity index (χ1n) is 9.29. The quantitative estimate of drug-likeness (QED) is 0.410. The molecule has 2 heterocycles. The molecule has 4 rings (SSSR count). The van der Waals surface area contributed by atoms with E-state index >= 15 is 0 Å². The fourth-order valence-electron chi connectivity index (χ4n) is 3.39. The Hall–Kier alpha value is -3.47. The van der Waals surface area contributed by atoms with Crippen molar-refractivity contribution in [3.8, 4) is 0 Å². The first kappa shape index (κ1) is 17.9. The minimum atomic E-state index is -0.417. The van der Waals surface area contributed by atoms with Gasteiger partial charge in [0.2, 0.25) is 5.91 Å². The second-order valence-corrected chi connectivity index (χ2v) is 6.82. The van der Waals surface area contributed by atoms with E-state index in [-0.39, 0.29) is 5.91 Å². The average Bonchev–Trinajstić information content (AvgIpc) is 2.68. The van der Waals surface area contributed by atoms with Gasteiger partial charge in [0.25, 0.3) is 0 Å². The molecule has 5 nitrogen and oxygen atoms in total. The van der Waals surface area contributed by atoms with E-state index < -0.39 is 5.63 Å². The van der Waals surface area contributed by atoms with E-state index in [1.54, 1.807) is 12.1 Å². The van der Waals surface area contributed by atoms with Gasteiger partial charge >= 0.3 is 5.63 Å². The number of aromatic nitrogens is 1. The molecule has 1 amide bonds. The summed E-state index contributed by atoms with van der Waals surface area (Å²) in [6.45, 7) is 1.82. The van der Waals surface area contributed by atoms with Crippen LogP contribution in [-0.2, 0) is 11.2 Å². The number of nitrogens with zero attached hydrogens (tertiary/aromatic N) is 1. The van der Waals surface area contributed by atoms with Crippen LogP contribution in [-0.4, -0.2) is 10.9 Å². The van der Waals surface area contributed by atoms with Crippen LogP contribution in [0.15, 0.2) is 69.9 Å². The largest absolute Gasteiger partial charge is 0.422 e. The third-order valence-electron chi connectivity index (χ3n) is 4.75. The summed E-state index contributed by atoms with van der Waals surface area (Å²) in [5, 5.41) is 4.06. The van der Waals surface area contributed by atoms with Crippen molar-refractivity contribution in [1.82, 2.24) is 4.98 Å². The highest BCUT2D eigenvalue weighted by Crippen LogP contribution is 2.25. The number of rotatable bonds is 5. The number of fused-ring (bicyclic) bond motifs is 3. The van der Waals surface area contributed by atoms with Gasteiger partial charge in [0, 0.05) is 11.8 Å². The molecule has 0 unspecified atom stereocenters. The number of amides is 1. The van der Waals surface area contributed by atoms with Crippen molar-refractivity contribution < 1.29 is 9.21 Å². The minimum Gasteiger partial charge on any atom is -0.422 e. The number of hydrogen-bond acceptors (Lipinski definition) is 4. The van der Waals surface area contributed by atoms with Crippen LogP contribution < -0.4 is 10.9 Å². The lowest BCUT2D eigenvalue weighted by Gasteiger charge is -2.09. The maximum absolute atomic E-state index is 12.3. The Balaban J connectivity index is 1.56. The van der Waals surface area contributed by atoms with Crippen molar-refractivity contribution in [3.63, 3.8) is 0 Å². The van der Waals surface area contributed by atoms with Crippen LogP contribution in [0.5, 0.6) is 0 Å². The van der Waals surface area contributed by atoms with Crippen LogP contribution >= 0.6 is 0 Å². The Morgan fingerprint density at radius 2 is 1.82 bits per heavy atom. The molecule has 28 heavy (non-hydrogen) atoms. The van der Waals surface area contributed by atoms with E-state index in [1.807, 2.05) is 43.3 Å². The fraction of sp³-hybridized carbons (Fsp3) is 0.174. The maximum Gasteiger partial charge on any atom is 0.346 e. The zero-order chi connectivity index (χ0) is 19.5. The Morgan fingerprint density at radius 3 is 2.64 bits per heavy atom. The zero-order valence-corrected chi connectivity index (χ0v) is 15.6. The number of para-hydroxylation sites is 1. The molecule has 0 fully saturated rings. The SMILES string of the molecule is Cc1cc(NC(=O)CCCc2ccccc2)nc2c1c(=O)oc1ccccc12. The van der Waals surface area contributed by atoms with Gasteiger partial charge in [-0.3, -0.25) is 4.79 Å². The summed E-state index contributed by atoms with van der Waals surface area (Å²) >= 11 is 0. The lowest BCUT2D eigenvalue weighted by molar-refractivity contribution is -0.116. The summed E-state index contributed by atoms with van der Waals surface area (Å²) in [5.41, 5.74) is 2.56. The van der Waals surface area contributed by atoms with E-state index in [0.29, 0.717) is 28.7 Å². The van der Waals surface area contributed by atoms with Gasteiger partial charge in [0.1, 0.15) is 11.4 Å². The number of aryl methyl sites for hydroxylation is 2. The van der Waals surface area contributed by atoms with Crippen LogP contribution in [0.3, 0.4) is 0 Å². The fourth-order valence-corrected chi connectivity index (χ4v) is 3.39. The Morgan fingerprint density at radius 1 is 1.07 bits per heavy atom. The molecule has 4 aromatic rings. The van der Waals surface area contributed by atoms with E-state index in [0.717, 1.165) is 23.8 Å². The summed E-state index contributed by atoms with van der Waals surface area (Å²) < 4.78 is 5.39. The second kappa shape index (κ2) is 7.64. The van der Waals surface area contributed by atoms with Crippen LogP contribution in [0, 0.1) is 6.92 Å². The standard InChI is InChI=1S/C23H20N2O3/c1-15-14-19(24-20(26)13-7-10-16-8-3-2-4-9-16)25-22-17-11-5-6-12-18(17)28-23(27)21(15)22/h2-6,8-9,11-12,14H,7,10,13H2,1H3,(H,24,25,26). The summed E-state index contributed by atoms with van der Waals surface area (Å²) in [7, 11) is 0. The molecule has 0 saturated heterocycles. The summed E-state index contributed by atoms with van der Waals surface area (Å²) in [6.07, 6.45) is 2.02. The van der Waals surface area contributed by atoms with E-state index in [9.17, 15) is 9.59 Å². The molecule has 0 spiro atoms. The number of hydrogen-bond donors (Lipinski definition) is 1. The van der Waals surface area contributed by atoms with Gasteiger partial charge < -0.3 is 9.73 Å². The van der Waals surface area contributed by atoms with Crippen LogP contribution in [0.25, 0.3) is 21.9 Å². The molecule has 140 valence electrons. The Kier molecular flexibility index (Phi) is 4.89. The predicted octanol–water partition coefficient (Wildman–Crippen LogP) is 4.61. The van der Waals surface area contributed by atoms with Gasteiger partial charge in [0.05, 0.1) is 10.9 Å². The molecule has 5 heteroatoms. The molecule has 0 aliphatic heterocycles. The Bertz CT molecular complexity index is 1210. The lowest BCUT2D eigenvalue weighted by atomic mass is 10.1. The van der Waals surface area contributed by atoms with Gasteiger partial charge in [-0.05, 0) is 49.1 Å². The third kappa shape index (κ3) is 3.64. The monoisotopic (exact) mass is 372 g/mol. The van der Waals surface area contributed by atoms with Crippen molar-refractivity contribution in [3.05, 3.63) is 82.2 Å². The topological polar surface area (TPSA) is 72.2 Å². The lowest BCUT2D eigenvalue weighted by Crippen LogP contribution is -2.14. The molecular formula is C23H20N2O3. The molecule has 0 atom stereocenters. The molecule has 0 aliphatic rings. The van der Waals surface area contributed by atoms with E-state index in [1.165, 1.54) is 5.56 Å². The van der Waals surface area contributed by atoms with Crippen molar-refractivity contribution in [2.45, 2.75) is 26.2 Å². The van der Waals surface area contributed by atoms with Crippen molar-refractivity contribution in [1.29, 1.82) is 0 Å². The van der Waals surface area contributed by atoms with Crippen LogP contribution in [0.2, 0.25) is 0 Å². The summed E-state index contributed by atoms with van der Waals surface area (Å²) in [6, 6.07) is 19.1. The molecule has 0 saturated carbocycles. The molecule has 2 aromatic carbocycles. The van der Waals surface area contributed by atoms with Crippen molar-refractivity contribution in [2.75, 3.05) is 5.32 Å². The summed E-state index contributed by atoms with van der Waals surface area (Å²) in [4.78, 5) is 29.2. The smallest absolute Gasteiger partial charge is 0.346 e. The van der Waals surface area contributed by atoms with Gasteiger partial charge in [-0.1, -0.05) is 42.5 Å². The number of anilines is 1. The van der Waals surface area contributed by atoms with Crippen LogP contribution in [0.1, 0.15) is 24.0 Å². The van der Waals surface area contributed by atoms with Crippen LogP contribution in [0.4, 0.5) is 5.82 Å². The molecule has 0 radical (unpaired) electrons. The van der Waals surface area contributed by atoms with Crippen molar-refractivity contribution >= 4 is 33.6 Å². The first-order chi connectivity index (χ1) is 13.6. The first-order valence-corrected chi connectivity index (χ1v) is 9.29. The highest BCUT2D eigenvalue weighted by molar-refractivity contribution is 6.04. The van der Waals surface area contributed by atoms with Gasteiger partial charge in [-0.25, -0.2) is 9.78 Å². The molecule has 1 N–H and O–H groups in total. The second-order valence-electron chi connectivity index (χ2n) is 6.82. The normalized spacial score (nSPS) is 11.0. The Labute approximate surface area is 162 Å². The predicted molar refractivity (Wildman–Crippen MR) is 111 cm³/mol. The molecule has 0 aliphatic carbocycles. The van der Waals surface area contributed by atoms with Gasteiger partial charge in [0.15, 0.2) is 0 Å². The number of nitrogens with one attached hydrogen (secondary N) is 1. The number of carbonyl (C=O) groups excluding carboxylic acids is 1. The minimum absolute atomic E-state index is 0.0885. The van der Waals surface area contributed by atoms with E-state index in [4.69, 9.17) is 4.42 Å². The van der Waals surface area contributed by atoms with Gasteiger partial charge in [-0.2, -0.15) is 0 Å². The van der Waals surface area contributed by atoms with Crippen molar-refractivity contribution in [2.24, 2.45) is 0 Å². The molecule has 2 aromatic heterocycles. The molecule has 0 bridgehead atoms. The van der Waals surface area contributed by atoms with E-state index in [2.05, 4.69) is 22.4 Å². The highest BCUT2D eigenvalue weighted by atomic mass is 16.4. The zero-order valence-electron chi connectivity index (χ0n) is 15.6. The number of benzene rings is 2. The summed E-state index contributed by atoms with van der Waals surface area (Å²) in [5.74, 6) is 0.361. The average molecular weight is 372 g/mol. The molecular weight excluding hydrogens is 352 g/mol. The third-order valence-corrected chi connectivity index (χ3v) is 4.75.